The minimum Gasteiger partial charge on any atom is -0.330 e. The van der Waals surface area contributed by atoms with Crippen molar-refractivity contribution < 1.29 is 0 Å². The highest BCUT2D eigenvalue weighted by Gasteiger charge is 2.22. The fourth-order valence-electron chi connectivity index (χ4n) is 3.15. The van der Waals surface area contributed by atoms with E-state index in [-0.39, 0.29) is 0 Å². The van der Waals surface area contributed by atoms with Gasteiger partial charge in [0, 0.05) is 6.54 Å². The Hall–Kier alpha value is -0.0800. The number of nitrogens with two attached hydrogens (primary N) is 1. The maximum absolute atomic E-state index is 5.70. The predicted octanol–water partition coefficient (Wildman–Crippen LogP) is 3.37. The van der Waals surface area contributed by atoms with Crippen LogP contribution in [0.15, 0.2) is 0 Å². The lowest BCUT2D eigenvalue weighted by Crippen LogP contribution is -2.39. The van der Waals surface area contributed by atoms with Gasteiger partial charge in [-0.05, 0) is 69.0 Å². The molecule has 0 amide bonds. The van der Waals surface area contributed by atoms with Gasteiger partial charge in [0.25, 0.3) is 0 Å². The summed E-state index contributed by atoms with van der Waals surface area (Å²) in [6, 6.07) is 0. The summed E-state index contributed by atoms with van der Waals surface area (Å²) in [4.78, 5) is 2.67. The Morgan fingerprint density at radius 1 is 1.17 bits per heavy atom. The lowest BCUT2D eigenvalue weighted by atomic mass is 9.87. The summed E-state index contributed by atoms with van der Waals surface area (Å²) in [6.45, 7) is 14.3. The highest BCUT2D eigenvalue weighted by atomic mass is 15.1. The van der Waals surface area contributed by atoms with E-state index in [1.807, 2.05) is 0 Å². The first-order valence-corrected chi connectivity index (χ1v) is 7.97. The summed E-state index contributed by atoms with van der Waals surface area (Å²) in [6.07, 6.45) is 5.29. The van der Waals surface area contributed by atoms with Crippen LogP contribution in [0, 0.1) is 23.7 Å². The first kappa shape index (κ1) is 16.0. The van der Waals surface area contributed by atoms with E-state index in [4.69, 9.17) is 5.73 Å². The molecule has 0 saturated carbocycles. The van der Waals surface area contributed by atoms with Crippen molar-refractivity contribution in [2.45, 2.75) is 53.4 Å². The van der Waals surface area contributed by atoms with Crippen molar-refractivity contribution in [2.24, 2.45) is 29.4 Å². The molecular weight excluding hydrogens is 220 g/mol. The van der Waals surface area contributed by atoms with Crippen LogP contribution in [-0.2, 0) is 0 Å². The van der Waals surface area contributed by atoms with Gasteiger partial charge in [0.05, 0.1) is 0 Å². The summed E-state index contributed by atoms with van der Waals surface area (Å²) >= 11 is 0. The van der Waals surface area contributed by atoms with Gasteiger partial charge in [-0.15, -0.1) is 0 Å². The van der Waals surface area contributed by atoms with E-state index in [2.05, 4.69) is 32.6 Å². The Kier molecular flexibility index (Phi) is 7.25. The molecule has 2 heteroatoms. The molecule has 108 valence electrons. The molecule has 0 bridgehead atoms. The van der Waals surface area contributed by atoms with Crippen LogP contribution >= 0.6 is 0 Å². The molecule has 3 unspecified atom stereocenters. The molecule has 0 radical (unpaired) electrons. The third-order valence-electron chi connectivity index (χ3n) is 4.95. The van der Waals surface area contributed by atoms with Gasteiger partial charge in [-0.3, -0.25) is 0 Å². The standard InChI is InChI=1S/C16H34N2/c1-13(2)16(7-9-17)6-5-10-18-11-8-14(3)15(4)12-18/h13-16H,5-12,17H2,1-4H3. The van der Waals surface area contributed by atoms with Crippen molar-refractivity contribution in [3.8, 4) is 0 Å². The van der Waals surface area contributed by atoms with E-state index in [0.717, 1.165) is 30.2 Å². The normalized spacial score (nSPS) is 27.7. The van der Waals surface area contributed by atoms with Gasteiger partial charge in [0.15, 0.2) is 0 Å². The van der Waals surface area contributed by atoms with Crippen LogP contribution in [0.5, 0.6) is 0 Å². The van der Waals surface area contributed by atoms with Crippen LogP contribution in [-0.4, -0.2) is 31.1 Å². The molecule has 2 nitrogen and oxygen atoms in total. The predicted molar refractivity (Wildman–Crippen MR) is 80.6 cm³/mol. The van der Waals surface area contributed by atoms with Crippen molar-refractivity contribution in [2.75, 3.05) is 26.2 Å². The Balaban J connectivity index is 2.20. The third kappa shape index (κ3) is 5.27. The van der Waals surface area contributed by atoms with E-state index in [1.165, 1.54) is 45.3 Å². The monoisotopic (exact) mass is 254 g/mol. The smallest absolute Gasteiger partial charge is 0.000957 e. The number of hydrogen-bond donors (Lipinski definition) is 1. The van der Waals surface area contributed by atoms with Gasteiger partial charge in [-0.1, -0.05) is 27.7 Å². The zero-order valence-corrected chi connectivity index (χ0v) is 13.0. The molecule has 0 spiro atoms. The second-order valence-electron chi connectivity index (χ2n) is 6.77. The first-order valence-electron chi connectivity index (χ1n) is 7.97. The third-order valence-corrected chi connectivity index (χ3v) is 4.95. The van der Waals surface area contributed by atoms with Crippen LogP contribution in [0.1, 0.15) is 53.4 Å². The highest BCUT2D eigenvalue weighted by Crippen LogP contribution is 2.24. The van der Waals surface area contributed by atoms with Gasteiger partial charge < -0.3 is 10.6 Å². The molecule has 1 saturated heterocycles. The second kappa shape index (κ2) is 8.16. The van der Waals surface area contributed by atoms with E-state index in [9.17, 15) is 0 Å². The summed E-state index contributed by atoms with van der Waals surface area (Å²) in [5.74, 6) is 3.41. The van der Waals surface area contributed by atoms with Crippen molar-refractivity contribution in [1.29, 1.82) is 0 Å². The first-order chi connectivity index (χ1) is 8.54. The SMILES string of the molecule is CC(C)C(CCN)CCCN1CCC(C)C(C)C1. The molecule has 0 aromatic rings. The molecule has 0 aliphatic carbocycles. The van der Waals surface area contributed by atoms with Crippen LogP contribution in [0.3, 0.4) is 0 Å². The van der Waals surface area contributed by atoms with Gasteiger partial charge in [0.1, 0.15) is 0 Å². The fraction of sp³-hybridized carbons (Fsp3) is 1.00. The molecule has 1 heterocycles. The van der Waals surface area contributed by atoms with E-state index >= 15 is 0 Å². The van der Waals surface area contributed by atoms with E-state index < -0.39 is 0 Å². The van der Waals surface area contributed by atoms with Crippen molar-refractivity contribution >= 4 is 0 Å². The van der Waals surface area contributed by atoms with E-state index in [1.54, 1.807) is 0 Å². The highest BCUT2D eigenvalue weighted by molar-refractivity contribution is 4.75. The summed E-state index contributed by atoms with van der Waals surface area (Å²) in [5.41, 5.74) is 5.70. The summed E-state index contributed by atoms with van der Waals surface area (Å²) in [5, 5.41) is 0. The van der Waals surface area contributed by atoms with Gasteiger partial charge in [0.2, 0.25) is 0 Å². The minimum absolute atomic E-state index is 0.786. The zero-order chi connectivity index (χ0) is 13.5. The number of likely N-dealkylation sites (tertiary alicyclic amines) is 1. The lowest BCUT2D eigenvalue weighted by molar-refractivity contribution is 0.133. The molecular formula is C16H34N2. The molecule has 1 rings (SSSR count). The molecule has 0 aromatic heterocycles. The summed E-state index contributed by atoms with van der Waals surface area (Å²) in [7, 11) is 0. The van der Waals surface area contributed by atoms with Crippen LogP contribution < -0.4 is 5.73 Å². The molecule has 1 aliphatic rings. The molecule has 1 aliphatic heterocycles. The van der Waals surface area contributed by atoms with Crippen LogP contribution in [0.2, 0.25) is 0 Å². The Morgan fingerprint density at radius 3 is 2.44 bits per heavy atom. The van der Waals surface area contributed by atoms with Crippen molar-refractivity contribution in [3.05, 3.63) is 0 Å². The largest absolute Gasteiger partial charge is 0.330 e. The quantitative estimate of drug-likeness (QED) is 0.755. The Bertz CT molecular complexity index is 215. The zero-order valence-electron chi connectivity index (χ0n) is 13.0. The molecule has 3 atom stereocenters. The molecule has 2 N–H and O–H groups in total. The van der Waals surface area contributed by atoms with Gasteiger partial charge in [-0.25, -0.2) is 0 Å². The second-order valence-corrected chi connectivity index (χ2v) is 6.77. The minimum atomic E-state index is 0.786. The topological polar surface area (TPSA) is 29.3 Å². The molecule has 0 aromatic carbocycles. The fourth-order valence-corrected chi connectivity index (χ4v) is 3.15. The van der Waals surface area contributed by atoms with Crippen LogP contribution in [0.25, 0.3) is 0 Å². The molecule has 1 fully saturated rings. The lowest BCUT2D eigenvalue weighted by Gasteiger charge is -2.35. The van der Waals surface area contributed by atoms with E-state index in [0.29, 0.717) is 0 Å². The van der Waals surface area contributed by atoms with Gasteiger partial charge >= 0.3 is 0 Å². The number of hydrogen-bond acceptors (Lipinski definition) is 2. The molecule has 18 heavy (non-hydrogen) atoms. The van der Waals surface area contributed by atoms with Gasteiger partial charge in [-0.2, -0.15) is 0 Å². The summed E-state index contributed by atoms with van der Waals surface area (Å²) < 4.78 is 0. The van der Waals surface area contributed by atoms with Crippen molar-refractivity contribution in [1.82, 2.24) is 4.90 Å². The number of piperidine rings is 1. The maximum atomic E-state index is 5.70. The number of nitrogens with zero attached hydrogens (tertiary/aromatic N) is 1. The Morgan fingerprint density at radius 2 is 1.89 bits per heavy atom. The average molecular weight is 254 g/mol. The Labute approximate surface area is 114 Å². The van der Waals surface area contributed by atoms with Crippen molar-refractivity contribution in [3.63, 3.8) is 0 Å². The maximum Gasteiger partial charge on any atom is 0.000957 e. The number of rotatable bonds is 7. The van der Waals surface area contributed by atoms with Crippen LogP contribution in [0.4, 0.5) is 0 Å². The average Bonchev–Trinajstić information content (AvgIpc) is 2.32.